The Bertz CT molecular complexity index is 990. The first kappa shape index (κ1) is 20.9. The molecule has 0 saturated heterocycles. The Morgan fingerprint density at radius 2 is 1.71 bits per heavy atom. The van der Waals surface area contributed by atoms with Gasteiger partial charge in [-0.2, -0.15) is 0 Å². The van der Waals surface area contributed by atoms with Gasteiger partial charge in [-0.1, -0.05) is 74.5 Å². The smallest absolute Gasteiger partial charge is 0.168 e. The van der Waals surface area contributed by atoms with E-state index < -0.39 is 0 Å². The molecule has 0 aliphatic heterocycles. The van der Waals surface area contributed by atoms with Crippen molar-refractivity contribution in [2.75, 3.05) is 0 Å². The van der Waals surface area contributed by atoms with Gasteiger partial charge in [0.1, 0.15) is 5.82 Å². The average molecular weight is 416 g/mol. The van der Waals surface area contributed by atoms with Crippen molar-refractivity contribution in [1.29, 1.82) is 0 Å². The third kappa shape index (κ3) is 4.11. The van der Waals surface area contributed by atoms with E-state index in [0.717, 1.165) is 42.2 Å². The van der Waals surface area contributed by atoms with Gasteiger partial charge in [-0.25, -0.2) is 0 Å². The number of hydrogen-bond acceptors (Lipinski definition) is 2. The van der Waals surface area contributed by atoms with Crippen LogP contribution >= 0.6 is 23.2 Å². The molecule has 1 heterocycles. The van der Waals surface area contributed by atoms with Gasteiger partial charge in [0.25, 0.3) is 0 Å². The van der Waals surface area contributed by atoms with Gasteiger partial charge in [0.2, 0.25) is 0 Å². The second-order valence-corrected chi connectivity index (χ2v) is 8.90. The number of rotatable bonds is 6. The Kier molecular flexibility index (Phi) is 6.16. The highest BCUT2D eigenvalue weighted by Crippen LogP contribution is 2.35. The summed E-state index contributed by atoms with van der Waals surface area (Å²) >= 11 is 12.4. The minimum absolute atomic E-state index is 0.102. The van der Waals surface area contributed by atoms with Crippen molar-refractivity contribution in [2.45, 2.75) is 59.3 Å². The third-order valence-electron chi connectivity index (χ3n) is 5.19. The van der Waals surface area contributed by atoms with Crippen LogP contribution < -0.4 is 0 Å². The van der Waals surface area contributed by atoms with Crippen LogP contribution in [0.15, 0.2) is 36.4 Å². The molecule has 0 fully saturated rings. The molecular weight excluding hydrogens is 389 g/mol. The molecule has 148 valence electrons. The quantitative estimate of drug-likeness (QED) is 0.421. The van der Waals surface area contributed by atoms with E-state index in [1.54, 1.807) is 0 Å². The number of unbranched alkanes of at least 4 members (excludes halogenated alkanes) is 1. The molecule has 0 bridgehead atoms. The van der Waals surface area contributed by atoms with Gasteiger partial charge in [0, 0.05) is 11.0 Å². The van der Waals surface area contributed by atoms with Gasteiger partial charge in [-0.05, 0) is 50.1 Å². The summed E-state index contributed by atoms with van der Waals surface area (Å²) in [6.45, 7) is 10.9. The summed E-state index contributed by atoms with van der Waals surface area (Å²) in [4.78, 5) is 0. The van der Waals surface area contributed by atoms with Crippen LogP contribution in [0.3, 0.4) is 0 Å². The molecule has 3 rings (SSSR count). The second kappa shape index (κ2) is 8.26. The first-order chi connectivity index (χ1) is 13.2. The maximum absolute atomic E-state index is 6.29. The van der Waals surface area contributed by atoms with E-state index in [9.17, 15) is 0 Å². The molecule has 2 aromatic carbocycles. The van der Waals surface area contributed by atoms with Crippen LogP contribution in [0.2, 0.25) is 10.0 Å². The van der Waals surface area contributed by atoms with Crippen molar-refractivity contribution in [2.24, 2.45) is 0 Å². The van der Waals surface area contributed by atoms with Gasteiger partial charge < -0.3 is 0 Å². The molecule has 0 spiro atoms. The summed E-state index contributed by atoms with van der Waals surface area (Å²) in [6.07, 6.45) is 3.35. The molecule has 0 aliphatic rings. The summed E-state index contributed by atoms with van der Waals surface area (Å²) < 4.78 is 2.18. The molecule has 0 amide bonds. The second-order valence-electron chi connectivity index (χ2n) is 8.09. The molecule has 0 saturated carbocycles. The van der Waals surface area contributed by atoms with Gasteiger partial charge in [0.05, 0.1) is 15.7 Å². The van der Waals surface area contributed by atoms with Crippen molar-refractivity contribution in [1.82, 2.24) is 14.8 Å². The van der Waals surface area contributed by atoms with Crippen LogP contribution in [-0.2, 0) is 5.41 Å². The maximum Gasteiger partial charge on any atom is 0.168 e. The monoisotopic (exact) mass is 415 g/mol. The van der Waals surface area contributed by atoms with Crippen molar-refractivity contribution in [3.05, 3.63) is 63.4 Å². The van der Waals surface area contributed by atoms with Crippen LogP contribution in [0.4, 0.5) is 0 Å². The number of hydrogen-bond donors (Lipinski definition) is 0. The minimum atomic E-state index is -0.102. The minimum Gasteiger partial charge on any atom is -0.278 e. The highest BCUT2D eigenvalue weighted by Gasteiger charge is 2.30. The molecule has 1 aromatic heterocycles. The lowest BCUT2D eigenvalue weighted by molar-refractivity contribution is 0.425. The number of halogens is 2. The van der Waals surface area contributed by atoms with Crippen LogP contribution in [0, 0.1) is 13.8 Å². The van der Waals surface area contributed by atoms with E-state index >= 15 is 0 Å². The standard InChI is InChI=1S/C23H27Cl2N3/c1-6-7-12-23(4,5)22-27-26-21(17-9-10-18(24)19(25)14-17)28(22)20-11-8-15(2)13-16(20)3/h8-11,13-14H,6-7,12H2,1-5H3. The van der Waals surface area contributed by atoms with E-state index in [1.165, 1.54) is 11.1 Å². The van der Waals surface area contributed by atoms with Gasteiger partial charge in [0.15, 0.2) is 5.82 Å². The number of aryl methyl sites for hydroxylation is 2. The van der Waals surface area contributed by atoms with Gasteiger partial charge >= 0.3 is 0 Å². The Morgan fingerprint density at radius 3 is 2.36 bits per heavy atom. The molecule has 3 nitrogen and oxygen atoms in total. The highest BCUT2D eigenvalue weighted by atomic mass is 35.5. The lowest BCUT2D eigenvalue weighted by Gasteiger charge is -2.25. The van der Waals surface area contributed by atoms with Crippen LogP contribution in [0.25, 0.3) is 17.1 Å². The first-order valence-corrected chi connectivity index (χ1v) is 10.5. The predicted octanol–water partition coefficient (Wildman–Crippen LogP) is 7.33. The molecule has 0 N–H and O–H groups in total. The molecule has 0 aliphatic carbocycles. The maximum atomic E-state index is 6.29. The van der Waals surface area contributed by atoms with Crippen molar-refractivity contribution >= 4 is 23.2 Å². The van der Waals surface area contributed by atoms with Crippen LogP contribution in [0.5, 0.6) is 0 Å². The summed E-state index contributed by atoms with van der Waals surface area (Å²) in [5, 5.41) is 10.3. The average Bonchev–Trinajstić information content (AvgIpc) is 3.08. The first-order valence-electron chi connectivity index (χ1n) is 9.73. The Morgan fingerprint density at radius 1 is 0.964 bits per heavy atom. The zero-order chi connectivity index (χ0) is 20.5. The highest BCUT2D eigenvalue weighted by molar-refractivity contribution is 6.42. The predicted molar refractivity (Wildman–Crippen MR) is 119 cm³/mol. The topological polar surface area (TPSA) is 30.7 Å². The molecule has 3 aromatic rings. The lowest BCUT2D eigenvalue weighted by Crippen LogP contribution is -2.23. The number of benzene rings is 2. The summed E-state index contributed by atoms with van der Waals surface area (Å²) in [5.74, 6) is 1.75. The zero-order valence-electron chi connectivity index (χ0n) is 17.2. The van der Waals surface area contributed by atoms with E-state index in [2.05, 4.69) is 67.6 Å². The number of nitrogens with zero attached hydrogens (tertiary/aromatic N) is 3. The Hall–Kier alpha value is -1.84. The van der Waals surface area contributed by atoms with E-state index in [4.69, 9.17) is 23.2 Å². The molecular formula is C23H27Cl2N3. The third-order valence-corrected chi connectivity index (χ3v) is 5.93. The van der Waals surface area contributed by atoms with Crippen LogP contribution in [-0.4, -0.2) is 14.8 Å². The van der Waals surface area contributed by atoms with Crippen molar-refractivity contribution < 1.29 is 0 Å². The molecule has 0 unspecified atom stereocenters. The van der Waals surface area contributed by atoms with Crippen molar-refractivity contribution in [3.8, 4) is 17.1 Å². The fraction of sp³-hybridized carbons (Fsp3) is 0.391. The molecule has 28 heavy (non-hydrogen) atoms. The Labute approximate surface area is 177 Å². The summed E-state index contributed by atoms with van der Waals surface area (Å²) in [7, 11) is 0. The largest absolute Gasteiger partial charge is 0.278 e. The zero-order valence-corrected chi connectivity index (χ0v) is 18.7. The van der Waals surface area contributed by atoms with Crippen LogP contribution in [0.1, 0.15) is 57.0 Å². The van der Waals surface area contributed by atoms with E-state index in [-0.39, 0.29) is 5.41 Å². The van der Waals surface area contributed by atoms with Crippen molar-refractivity contribution in [3.63, 3.8) is 0 Å². The van der Waals surface area contributed by atoms with E-state index in [0.29, 0.717) is 10.0 Å². The SMILES string of the molecule is CCCCC(C)(C)c1nnc(-c2ccc(Cl)c(Cl)c2)n1-c1ccc(C)cc1C. The summed E-state index contributed by atoms with van der Waals surface area (Å²) in [6, 6.07) is 12.1. The normalized spacial score (nSPS) is 11.8. The number of aromatic nitrogens is 3. The molecule has 5 heteroatoms. The van der Waals surface area contributed by atoms with E-state index in [1.807, 2.05) is 18.2 Å². The molecule has 0 radical (unpaired) electrons. The fourth-order valence-corrected chi connectivity index (χ4v) is 3.86. The molecule has 0 atom stereocenters. The lowest BCUT2D eigenvalue weighted by atomic mass is 9.86. The van der Waals surface area contributed by atoms with Gasteiger partial charge in [-0.15, -0.1) is 10.2 Å². The summed E-state index contributed by atoms with van der Waals surface area (Å²) in [5.41, 5.74) is 4.32. The Balaban J connectivity index is 2.25. The van der Waals surface area contributed by atoms with Gasteiger partial charge in [-0.3, -0.25) is 4.57 Å². The fourth-order valence-electron chi connectivity index (χ4n) is 3.56.